The van der Waals surface area contributed by atoms with Gasteiger partial charge >= 0.3 is 0 Å². The monoisotopic (exact) mass is 463 g/mol. The van der Waals surface area contributed by atoms with Crippen LogP contribution >= 0.6 is 11.3 Å². The minimum absolute atomic E-state index is 0.0419. The third kappa shape index (κ3) is 6.00. The van der Waals surface area contributed by atoms with Crippen LogP contribution in [0.4, 0.5) is 5.13 Å². The van der Waals surface area contributed by atoms with Crippen molar-refractivity contribution >= 4 is 32.2 Å². The quantitative estimate of drug-likeness (QED) is 0.495. The Morgan fingerprint density at radius 1 is 1.19 bits per heavy atom. The molecule has 1 atom stereocenters. The van der Waals surface area contributed by atoms with Crippen LogP contribution in [-0.2, 0) is 9.84 Å². The van der Waals surface area contributed by atoms with Gasteiger partial charge in [-0.15, -0.1) is 11.3 Å². The van der Waals surface area contributed by atoms with Gasteiger partial charge in [-0.25, -0.2) is 18.4 Å². The Hall–Kier alpha value is -3.02. The lowest BCUT2D eigenvalue weighted by molar-refractivity contribution is 0.102. The summed E-state index contributed by atoms with van der Waals surface area (Å²) in [6.07, 6.45) is 2.37. The van der Waals surface area contributed by atoms with Gasteiger partial charge in [-0.3, -0.25) is 10.1 Å². The average Bonchev–Trinajstić information content (AvgIpc) is 3.27. The Morgan fingerprint density at radius 3 is 2.58 bits per heavy atom. The predicted octanol–water partition coefficient (Wildman–Crippen LogP) is 3.14. The molecule has 0 saturated heterocycles. The molecule has 0 spiro atoms. The van der Waals surface area contributed by atoms with Gasteiger partial charge in [-0.05, 0) is 31.2 Å². The van der Waals surface area contributed by atoms with E-state index < -0.39 is 21.8 Å². The molecule has 1 amide bonds. The number of aromatic nitrogens is 2. The van der Waals surface area contributed by atoms with E-state index in [1.54, 1.807) is 31.5 Å². The summed E-state index contributed by atoms with van der Waals surface area (Å²) in [7, 11) is -3.42. The predicted molar refractivity (Wildman–Crippen MR) is 116 cm³/mol. The third-order valence-corrected chi connectivity index (χ3v) is 6.36. The Morgan fingerprint density at radius 2 is 1.97 bits per heavy atom. The maximum atomic E-state index is 12.6. The second-order valence-corrected chi connectivity index (χ2v) is 9.55. The number of anilines is 1. The SMILES string of the molecule is CCS(=O)(=O)c1ccc(Oc2cc(O[C@@H](C)CO)cc(C(=O)Nc3nccs3)c2)cn1. The number of carbonyl (C=O) groups is 1. The molecule has 0 radical (unpaired) electrons. The van der Waals surface area contributed by atoms with Crippen molar-refractivity contribution in [2.75, 3.05) is 17.7 Å². The Labute approximate surface area is 183 Å². The smallest absolute Gasteiger partial charge is 0.257 e. The van der Waals surface area contributed by atoms with E-state index in [4.69, 9.17) is 9.47 Å². The van der Waals surface area contributed by atoms with Crippen molar-refractivity contribution < 1.29 is 27.8 Å². The Balaban J connectivity index is 1.87. The maximum absolute atomic E-state index is 12.6. The van der Waals surface area contributed by atoms with Gasteiger partial charge in [0.2, 0.25) is 0 Å². The van der Waals surface area contributed by atoms with Crippen LogP contribution in [0.25, 0.3) is 0 Å². The lowest BCUT2D eigenvalue weighted by atomic mass is 10.2. The first-order valence-corrected chi connectivity index (χ1v) is 11.8. The Kier molecular flexibility index (Phi) is 7.21. The molecule has 11 heteroatoms. The highest BCUT2D eigenvalue weighted by molar-refractivity contribution is 7.91. The minimum atomic E-state index is -3.42. The van der Waals surface area contributed by atoms with Gasteiger partial charge in [0.05, 0.1) is 18.6 Å². The number of rotatable bonds is 9. The number of pyridine rings is 1. The molecular weight excluding hydrogens is 442 g/mol. The van der Waals surface area contributed by atoms with Crippen molar-refractivity contribution in [1.82, 2.24) is 9.97 Å². The number of nitrogens with zero attached hydrogens (tertiary/aromatic N) is 2. The molecule has 0 aliphatic rings. The van der Waals surface area contributed by atoms with Crippen LogP contribution in [0.5, 0.6) is 17.2 Å². The summed E-state index contributed by atoms with van der Waals surface area (Å²) in [5.74, 6) is 0.416. The highest BCUT2D eigenvalue weighted by atomic mass is 32.2. The van der Waals surface area contributed by atoms with E-state index in [0.717, 1.165) is 0 Å². The number of thiazole rings is 1. The van der Waals surface area contributed by atoms with Gasteiger partial charge in [0.15, 0.2) is 20.0 Å². The number of carbonyl (C=O) groups excluding carboxylic acids is 1. The first kappa shape index (κ1) is 22.7. The van der Waals surface area contributed by atoms with E-state index in [0.29, 0.717) is 10.9 Å². The van der Waals surface area contributed by atoms with Crippen molar-refractivity contribution in [3.8, 4) is 17.2 Å². The van der Waals surface area contributed by atoms with Crippen molar-refractivity contribution in [2.45, 2.75) is 25.0 Å². The summed E-state index contributed by atoms with van der Waals surface area (Å²) in [4.78, 5) is 20.6. The summed E-state index contributed by atoms with van der Waals surface area (Å²) in [5, 5.41) is 14.1. The van der Waals surface area contributed by atoms with Crippen molar-refractivity contribution in [3.05, 3.63) is 53.7 Å². The molecule has 164 valence electrons. The van der Waals surface area contributed by atoms with Gasteiger partial charge < -0.3 is 14.6 Å². The number of nitrogens with one attached hydrogen (secondary N) is 1. The molecule has 3 aromatic rings. The first-order valence-electron chi connectivity index (χ1n) is 9.31. The molecule has 0 bridgehead atoms. The normalized spacial score (nSPS) is 12.2. The summed E-state index contributed by atoms with van der Waals surface area (Å²) < 4.78 is 35.2. The van der Waals surface area contributed by atoms with Crippen LogP contribution in [-0.4, -0.2) is 47.9 Å². The number of benzene rings is 1. The molecule has 0 unspecified atom stereocenters. The second kappa shape index (κ2) is 9.86. The number of amides is 1. The number of sulfone groups is 1. The largest absolute Gasteiger partial charge is 0.488 e. The molecule has 0 fully saturated rings. The third-order valence-electron chi connectivity index (χ3n) is 4.03. The fourth-order valence-electron chi connectivity index (χ4n) is 2.45. The van der Waals surface area contributed by atoms with E-state index in [1.807, 2.05) is 0 Å². The molecule has 0 aliphatic carbocycles. The van der Waals surface area contributed by atoms with Crippen LogP contribution in [0, 0.1) is 0 Å². The minimum Gasteiger partial charge on any atom is -0.488 e. The van der Waals surface area contributed by atoms with E-state index in [9.17, 15) is 18.3 Å². The number of hydrogen-bond acceptors (Lipinski definition) is 9. The van der Waals surface area contributed by atoms with Crippen molar-refractivity contribution in [1.29, 1.82) is 0 Å². The fourth-order valence-corrected chi connectivity index (χ4v) is 3.76. The molecule has 2 aromatic heterocycles. The number of ether oxygens (including phenoxy) is 2. The molecule has 0 saturated carbocycles. The fraction of sp³-hybridized carbons (Fsp3) is 0.250. The highest BCUT2D eigenvalue weighted by Crippen LogP contribution is 2.29. The lowest BCUT2D eigenvalue weighted by Crippen LogP contribution is -2.17. The van der Waals surface area contributed by atoms with Crippen LogP contribution < -0.4 is 14.8 Å². The van der Waals surface area contributed by atoms with E-state index in [1.165, 1.54) is 41.8 Å². The molecule has 1 aromatic carbocycles. The van der Waals surface area contributed by atoms with Gasteiger partial charge in [-0.2, -0.15) is 0 Å². The molecule has 31 heavy (non-hydrogen) atoms. The van der Waals surface area contributed by atoms with E-state index in [-0.39, 0.29) is 34.4 Å². The molecule has 0 aliphatic heterocycles. The zero-order valence-electron chi connectivity index (χ0n) is 16.8. The van der Waals surface area contributed by atoms with Gasteiger partial charge in [0.25, 0.3) is 5.91 Å². The highest BCUT2D eigenvalue weighted by Gasteiger charge is 2.15. The van der Waals surface area contributed by atoms with Crippen LogP contribution in [0.2, 0.25) is 0 Å². The summed E-state index contributed by atoms with van der Waals surface area (Å²) in [6.45, 7) is 3.02. The molecule has 2 heterocycles. The Bertz CT molecular complexity index is 1130. The summed E-state index contributed by atoms with van der Waals surface area (Å²) in [5.41, 5.74) is 0.256. The van der Waals surface area contributed by atoms with Crippen molar-refractivity contribution in [2.24, 2.45) is 0 Å². The number of hydrogen-bond donors (Lipinski definition) is 2. The standard InChI is InChI=1S/C20H21N3O6S2/c1-3-31(26,27)18-5-4-15(11-22-18)29-17-9-14(8-16(10-17)28-13(2)12-24)19(25)23-20-21-6-7-30-20/h4-11,13,24H,3,12H2,1-2H3,(H,21,23,25)/t13-/m0/s1. The average molecular weight is 464 g/mol. The second-order valence-electron chi connectivity index (χ2n) is 6.43. The van der Waals surface area contributed by atoms with Crippen LogP contribution in [0.1, 0.15) is 24.2 Å². The molecular formula is C20H21N3O6S2. The lowest BCUT2D eigenvalue weighted by Gasteiger charge is -2.15. The maximum Gasteiger partial charge on any atom is 0.257 e. The topological polar surface area (TPSA) is 128 Å². The molecule has 9 nitrogen and oxygen atoms in total. The van der Waals surface area contributed by atoms with E-state index in [2.05, 4.69) is 15.3 Å². The zero-order chi connectivity index (χ0) is 22.4. The molecule has 3 rings (SSSR count). The zero-order valence-corrected chi connectivity index (χ0v) is 18.4. The van der Waals surface area contributed by atoms with Crippen molar-refractivity contribution in [3.63, 3.8) is 0 Å². The van der Waals surface area contributed by atoms with Crippen LogP contribution in [0.15, 0.2) is 53.1 Å². The van der Waals surface area contributed by atoms with Gasteiger partial charge in [-0.1, -0.05) is 6.92 Å². The first-order chi connectivity index (χ1) is 14.8. The number of aliphatic hydroxyl groups is 1. The van der Waals surface area contributed by atoms with Crippen LogP contribution in [0.3, 0.4) is 0 Å². The summed E-state index contributed by atoms with van der Waals surface area (Å²) in [6, 6.07) is 7.43. The van der Waals surface area contributed by atoms with Gasteiger partial charge in [0, 0.05) is 23.2 Å². The van der Waals surface area contributed by atoms with E-state index >= 15 is 0 Å². The summed E-state index contributed by atoms with van der Waals surface area (Å²) >= 11 is 1.28. The molecule has 2 N–H and O–H groups in total. The van der Waals surface area contributed by atoms with Gasteiger partial charge in [0.1, 0.15) is 23.4 Å². The number of aliphatic hydroxyl groups excluding tert-OH is 1.